The van der Waals surface area contributed by atoms with Gasteiger partial charge in [0.1, 0.15) is 5.82 Å². The molecule has 0 spiro atoms. The Hall–Kier alpha value is -1.66. The zero-order chi connectivity index (χ0) is 17.5. The fraction of sp³-hybridized carbons (Fsp3) is 0.684. The highest BCUT2D eigenvalue weighted by Crippen LogP contribution is 2.20. The van der Waals surface area contributed by atoms with Crippen LogP contribution in [-0.2, 0) is 4.79 Å². The van der Waals surface area contributed by atoms with Gasteiger partial charge in [0, 0.05) is 58.4 Å². The molecule has 6 nitrogen and oxygen atoms in total. The van der Waals surface area contributed by atoms with Gasteiger partial charge in [0.2, 0.25) is 5.91 Å². The lowest BCUT2D eigenvalue weighted by Crippen LogP contribution is -2.50. The molecule has 1 amide bonds. The van der Waals surface area contributed by atoms with Gasteiger partial charge >= 0.3 is 0 Å². The first kappa shape index (κ1) is 18.1. The minimum Gasteiger partial charge on any atom is -0.354 e. The van der Waals surface area contributed by atoms with Gasteiger partial charge in [-0.3, -0.25) is 9.69 Å². The summed E-state index contributed by atoms with van der Waals surface area (Å²) in [5, 5.41) is 0. The summed E-state index contributed by atoms with van der Waals surface area (Å²) in [6.07, 6.45) is 5.63. The molecule has 3 rings (SSSR count). The number of piperazine rings is 1. The van der Waals surface area contributed by atoms with Crippen molar-refractivity contribution < 1.29 is 4.79 Å². The van der Waals surface area contributed by atoms with Gasteiger partial charge in [-0.15, -0.1) is 0 Å². The Morgan fingerprint density at radius 2 is 2.04 bits per heavy atom. The van der Waals surface area contributed by atoms with Crippen molar-refractivity contribution in [3.8, 4) is 0 Å². The van der Waals surface area contributed by atoms with Gasteiger partial charge in [-0.1, -0.05) is 6.07 Å². The molecule has 2 aliphatic rings. The number of pyridine rings is 1. The van der Waals surface area contributed by atoms with Gasteiger partial charge in [-0.05, 0) is 43.9 Å². The molecule has 2 fully saturated rings. The van der Waals surface area contributed by atoms with E-state index in [0.717, 1.165) is 64.5 Å². The molecule has 2 aliphatic heterocycles. The summed E-state index contributed by atoms with van der Waals surface area (Å²) in [7, 11) is 0. The van der Waals surface area contributed by atoms with Crippen molar-refractivity contribution in [3.05, 3.63) is 24.4 Å². The number of anilines is 1. The van der Waals surface area contributed by atoms with Crippen LogP contribution in [0.4, 0.5) is 5.82 Å². The Morgan fingerprint density at radius 1 is 1.20 bits per heavy atom. The molecular weight excluding hydrogens is 314 g/mol. The van der Waals surface area contributed by atoms with Gasteiger partial charge in [-0.25, -0.2) is 4.98 Å². The average Bonchev–Trinajstić information content (AvgIpc) is 2.67. The number of hydrogen-bond acceptors (Lipinski definition) is 5. The topological polar surface area (TPSA) is 65.7 Å². The van der Waals surface area contributed by atoms with Crippen LogP contribution < -0.4 is 10.6 Å². The molecule has 3 heterocycles. The lowest BCUT2D eigenvalue weighted by Gasteiger charge is -2.39. The number of likely N-dealkylation sites (tertiary alicyclic amines) is 1. The summed E-state index contributed by atoms with van der Waals surface area (Å²) in [5.41, 5.74) is 5.52. The molecule has 2 saturated heterocycles. The molecule has 6 heteroatoms. The number of nitrogens with two attached hydrogens (primary N) is 1. The first-order chi connectivity index (χ1) is 12.3. The van der Waals surface area contributed by atoms with E-state index in [0.29, 0.717) is 18.9 Å². The zero-order valence-corrected chi connectivity index (χ0v) is 15.1. The van der Waals surface area contributed by atoms with E-state index < -0.39 is 0 Å². The highest BCUT2D eigenvalue weighted by molar-refractivity contribution is 5.76. The Labute approximate surface area is 151 Å². The highest BCUT2D eigenvalue weighted by atomic mass is 16.2. The van der Waals surface area contributed by atoms with Crippen molar-refractivity contribution in [3.63, 3.8) is 0 Å². The SMILES string of the molecule is NCCCC(=O)N1CCCC(CN2CCN(c3ccccn3)CC2)C1. The Bertz CT molecular complexity index is 530. The number of hydrogen-bond donors (Lipinski definition) is 1. The fourth-order valence-corrected chi connectivity index (χ4v) is 3.92. The minimum atomic E-state index is 0.287. The molecule has 25 heavy (non-hydrogen) atoms. The number of carbonyl (C=O) groups excluding carboxylic acids is 1. The van der Waals surface area contributed by atoms with E-state index >= 15 is 0 Å². The molecule has 0 saturated carbocycles. The maximum Gasteiger partial charge on any atom is 0.222 e. The van der Waals surface area contributed by atoms with E-state index in [1.54, 1.807) is 0 Å². The maximum atomic E-state index is 12.2. The van der Waals surface area contributed by atoms with Crippen molar-refractivity contribution >= 4 is 11.7 Å². The van der Waals surface area contributed by atoms with Crippen LogP contribution in [0.2, 0.25) is 0 Å². The number of rotatable bonds is 6. The minimum absolute atomic E-state index is 0.287. The normalized spacial score (nSPS) is 22.2. The number of amides is 1. The van der Waals surface area contributed by atoms with Gasteiger partial charge < -0.3 is 15.5 Å². The second kappa shape index (κ2) is 9.15. The molecule has 138 valence electrons. The molecule has 2 N–H and O–H groups in total. The third-order valence-electron chi connectivity index (χ3n) is 5.33. The predicted molar refractivity (Wildman–Crippen MR) is 100 cm³/mol. The van der Waals surface area contributed by atoms with Crippen LogP contribution in [-0.4, -0.2) is 73.0 Å². The van der Waals surface area contributed by atoms with E-state index in [2.05, 4.69) is 25.8 Å². The largest absolute Gasteiger partial charge is 0.354 e. The number of nitrogens with zero attached hydrogens (tertiary/aromatic N) is 4. The van der Waals surface area contributed by atoms with E-state index in [9.17, 15) is 4.79 Å². The third-order valence-corrected chi connectivity index (χ3v) is 5.33. The Balaban J connectivity index is 1.43. The molecule has 0 bridgehead atoms. The predicted octanol–water partition coefficient (Wildman–Crippen LogP) is 1.18. The summed E-state index contributed by atoms with van der Waals surface area (Å²) in [6, 6.07) is 6.10. The molecule has 0 radical (unpaired) electrons. The van der Waals surface area contributed by atoms with Crippen molar-refractivity contribution in [2.45, 2.75) is 25.7 Å². The number of aromatic nitrogens is 1. The lowest BCUT2D eigenvalue weighted by atomic mass is 9.96. The summed E-state index contributed by atoms with van der Waals surface area (Å²) in [6.45, 7) is 7.77. The molecule has 1 atom stereocenters. The van der Waals surface area contributed by atoms with Crippen LogP contribution >= 0.6 is 0 Å². The summed E-state index contributed by atoms with van der Waals surface area (Å²) in [5.74, 6) is 1.98. The van der Waals surface area contributed by atoms with Crippen molar-refractivity contribution in [2.24, 2.45) is 11.7 Å². The van der Waals surface area contributed by atoms with Crippen LogP contribution in [0.25, 0.3) is 0 Å². The summed E-state index contributed by atoms with van der Waals surface area (Å²) in [4.78, 5) is 23.7. The molecular formula is C19H31N5O. The molecule has 1 unspecified atom stereocenters. The molecule has 0 aliphatic carbocycles. The number of piperidine rings is 1. The maximum absolute atomic E-state index is 12.2. The van der Waals surface area contributed by atoms with Crippen LogP contribution in [0.3, 0.4) is 0 Å². The average molecular weight is 345 g/mol. The van der Waals surface area contributed by atoms with Crippen molar-refractivity contribution in [1.29, 1.82) is 0 Å². The smallest absolute Gasteiger partial charge is 0.222 e. The van der Waals surface area contributed by atoms with Gasteiger partial charge in [-0.2, -0.15) is 0 Å². The fourth-order valence-electron chi connectivity index (χ4n) is 3.92. The summed E-state index contributed by atoms with van der Waals surface area (Å²) < 4.78 is 0. The summed E-state index contributed by atoms with van der Waals surface area (Å²) >= 11 is 0. The standard InChI is InChI=1S/C19H31N5O/c20-8-3-7-19(25)24-10-4-5-17(16-24)15-22-11-13-23(14-12-22)18-6-1-2-9-21-18/h1-2,6,9,17H,3-5,7-8,10-16,20H2. The second-order valence-electron chi connectivity index (χ2n) is 7.22. The van der Waals surface area contributed by atoms with Crippen LogP contribution in [0.5, 0.6) is 0 Å². The van der Waals surface area contributed by atoms with E-state index in [1.807, 2.05) is 18.3 Å². The molecule has 1 aromatic rings. The first-order valence-electron chi connectivity index (χ1n) is 9.62. The van der Waals surface area contributed by atoms with E-state index in [4.69, 9.17) is 5.73 Å². The van der Waals surface area contributed by atoms with Crippen LogP contribution in [0.1, 0.15) is 25.7 Å². The van der Waals surface area contributed by atoms with Crippen LogP contribution in [0.15, 0.2) is 24.4 Å². The van der Waals surface area contributed by atoms with Crippen LogP contribution in [0, 0.1) is 5.92 Å². The van der Waals surface area contributed by atoms with Crippen molar-refractivity contribution in [2.75, 3.05) is 57.3 Å². The monoisotopic (exact) mass is 345 g/mol. The Kier molecular flexibility index (Phi) is 6.64. The van der Waals surface area contributed by atoms with Gasteiger partial charge in [0.15, 0.2) is 0 Å². The van der Waals surface area contributed by atoms with E-state index in [-0.39, 0.29) is 5.91 Å². The molecule has 0 aromatic carbocycles. The van der Waals surface area contributed by atoms with Gasteiger partial charge in [0.25, 0.3) is 0 Å². The highest BCUT2D eigenvalue weighted by Gasteiger charge is 2.26. The first-order valence-corrected chi connectivity index (χ1v) is 9.62. The quantitative estimate of drug-likeness (QED) is 0.839. The molecule has 1 aromatic heterocycles. The third kappa shape index (κ3) is 5.16. The Morgan fingerprint density at radius 3 is 2.76 bits per heavy atom. The van der Waals surface area contributed by atoms with Gasteiger partial charge in [0.05, 0.1) is 0 Å². The second-order valence-corrected chi connectivity index (χ2v) is 7.22. The lowest BCUT2D eigenvalue weighted by molar-refractivity contribution is -0.133. The van der Waals surface area contributed by atoms with Crippen molar-refractivity contribution in [1.82, 2.24) is 14.8 Å². The van der Waals surface area contributed by atoms with E-state index in [1.165, 1.54) is 6.42 Å². The zero-order valence-electron chi connectivity index (χ0n) is 15.1. The number of carbonyl (C=O) groups is 1.